The van der Waals surface area contributed by atoms with E-state index in [-0.39, 0.29) is 11.9 Å². The fourth-order valence-electron chi connectivity index (χ4n) is 3.26. The van der Waals surface area contributed by atoms with Crippen molar-refractivity contribution in [2.75, 3.05) is 21.3 Å². The topological polar surface area (TPSA) is 48.0 Å². The third kappa shape index (κ3) is 4.54. The van der Waals surface area contributed by atoms with E-state index in [1.54, 1.807) is 39.5 Å². The molecule has 5 nitrogen and oxygen atoms in total. The van der Waals surface area contributed by atoms with Crippen molar-refractivity contribution in [1.29, 1.82) is 0 Å². The largest absolute Gasteiger partial charge is 0.497 e. The molecule has 1 fully saturated rings. The smallest absolute Gasteiger partial charge is 0.254 e. The lowest BCUT2D eigenvalue weighted by Crippen LogP contribution is -2.39. The Labute approximate surface area is 160 Å². The van der Waals surface area contributed by atoms with Gasteiger partial charge in [-0.05, 0) is 55.5 Å². The second-order valence-electron chi connectivity index (χ2n) is 6.96. The first-order valence-corrected chi connectivity index (χ1v) is 9.22. The third-order valence-corrected chi connectivity index (χ3v) is 5.17. The number of ether oxygens (including phenoxy) is 3. The van der Waals surface area contributed by atoms with Crippen molar-refractivity contribution in [3.63, 3.8) is 0 Å². The predicted octanol–water partition coefficient (Wildman–Crippen LogP) is 4.15. The van der Waals surface area contributed by atoms with Crippen LogP contribution in [-0.2, 0) is 6.54 Å². The van der Waals surface area contributed by atoms with Crippen LogP contribution in [0, 0.1) is 5.92 Å². The van der Waals surface area contributed by atoms with Crippen LogP contribution in [0.4, 0.5) is 0 Å². The Balaban J connectivity index is 1.88. The average Bonchev–Trinajstić information content (AvgIpc) is 3.56. The van der Waals surface area contributed by atoms with E-state index in [2.05, 4.69) is 6.92 Å². The summed E-state index contributed by atoms with van der Waals surface area (Å²) < 4.78 is 15.9. The van der Waals surface area contributed by atoms with Crippen LogP contribution in [0.2, 0.25) is 0 Å². The highest BCUT2D eigenvalue weighted by Gasteiger charge is 2.35. The summed E-state index contributed by atoms with van der Waals surface area (Å²) in [5, 5.41) is 0. The zero-order chi connectivity index (χ0) is 19.4. The molecule has 2 aromatic carbocycles. The van der Waals surface area contributed by atoms with Crippen LogP contribution >= 0.6 is 0 Å². The van der Waals surface area contributed by atoms with E-state index in [0.29, 0.717) is 29.5 Å². The Bertz CT molecular complexity index is 761. The monoisotopic (exact) mass is 369 g/mol. The number of hydrogen-bond donors (Lipinski definition) is 0. The van der Waals surface area contributed by atoms with Gasteiger partial charge in [0.15, 0.2) is 0 Å². The van der Waals surface area contributed by atoms with Gasteiger partial charge in [-0.1, -0.05) is 12.1 Å². The first-order chi connectivity index (χ1) is 13.0. The van der Waals surface area contributed by atoms with E-state index in [4.69, 9.17) is 14.2 Å². The number of nitrogens with zero attached hydrogens (tertiary/aromatic N) is 1. The molecule has 3 rings (SSSR count). The molecule has 0 heterocycles. The summed E-state index contributed by atoms with van der Waals surface area (Å²) in [4.78, 5) is 15.3. The van der Waals surface area contributed by atoms with Gasteiger partial charge in [0.05, 0.1) is 21.3 Å². The Morgan fingerprint density at radius 1 is 0.963 bits per heavy atom. The molecule has 1 saturated carbocycles. The normalized spacial score (nSPS) is 14.4. The molecule has 1 atom stereocenters. The number of carbonyl (C=O) groups is 1. The van der Waals surface area contributed by atoms with Crippen LogP contribution in [0.15, 0.2) is 42.5 Å². The molecule has 5 heteroatoms. The van der Waals surface area contributed by atoms with Crippen molar-refractivity contribution in [1.82, 2.24) is 4.90 Å². The molecule has 2 aromatic rings. The average molecular weight is 369 g/mol. The zero-order valence-electron chi connectivity index (χ0n) is 16.4. The van der Waals surface area contributed by atoms with Gasteiger partial charge >= 0.3 is 0 Å². The Morgan fingerprint density at radius 3 is 2.00 bits per heavy atom. The van der Waals surface area contributed by atoms with Gasteiger partial charge in [-0.25, -0.2) is 0 Å². The van der Waals surface area contributed by atoms with Gasteiger partial charge in [0.2, 0.25) is 0 Å². The Morgan fingerprint density at radius 2 is 1.52 bits per heavy atom. The molecular formula is C22H27NO4. The van der Waals surface area contributed by atoms with E-state index < -0.39 is 0 Å². The number of hydrogen-bond acceptors (Lipinski definition) is 4. The van der Waals surface area contributed by atoms with Crippen molar-refractivity contribution in [3.8, 4) is 17.2 Å². The zero-order valence-corrected chi connectivity index (χ0v) is 16.4. The van der Waals surface area contributed by atoms with Crippen molar-refractivity contribution in [3.05, 3.63) is 53.6 Å². The van der Waals surface area contributed by atoms with Gasteiger partial charge < -0.3 is 19.1 Å². The SMILES string of the molecule is COc1ccc(CN(C(=O)c2cc(OC)cc(OC)c2)[C@@H](C)C2CC2)cc1. The van der Waals surface area contributed by atoms with Crippen LogP contribution in [0.1, 0.15) is 35.7 Å². The summed E-state index contributed by atoms with van der Waals surface area (Å²) in [6.45, 7) is 2.69. The molecule has 0 saturated heterocycles. The highest BCUT2D eigenvalue weighted by Crippen LogP contribution is 2.36. The summed E-state index contributed by atoms with van der Waals surface area (Å²) in [5.74, 6) is 2.59. The molecule has 0 aromatic heterocycles. The van der Waals surface area contributed by atoms with E-state index in [0.717, 1.165) is 11.3 Å². The molecule has 0 radical (unpaired) electrons. The molecule has 0 N–H and O–H groups in total. The first-order valence-electron chi connectivity index (χ1n) is 9.22. The molecule has 0 spiro atoms. The lowest BCUT2D eigenvalue weighted by molar-refractivity contribution is 0.0653. The highest BCUT2D eigenvalue weighted by molar-refractivity contribution is 5.95. The van der Waals surface area contributed by atoms with Crippen molar-refractivity contribution in [2.45, 2.75) is 32.4 Å². The van der Waals surface area contributed by atoms with Crippen LogP contribution in [0.5, 0.6) is 17.2 Å². The van der Waals surface area contributed by atoms with Gasteiger partial charge in [-0.2, -0.15) is 0 Å². The molecule has 1 aliphatic rings. The van der Waals surface area contributed by atoms with Crippen LogP contribution < -0.4 is 14.2 Å². The lowest BCUT2D eigenvalue weighted by Gasteiger charge is -2.30. The second kappa shape index (κ2) is 8.33. The summed E-state index contributed by atoms with van der Waals surface area (Å²) in [7, 11) is 4.83. The Hall–Kier alpha value is -2.69. The summed E-state index contributed by atoms with van der Waals surface area (Å²) >= 11 is 0. The van der Waals surface area contributed by atoms with Crippen molar-refractivity contribution < 1.29 is 19.0 Å². The maximum absolute atomic E-state index is 13.4. The fourth-order valence-corrected chi connectivity index (χ4v) is 3.26. The van der Waals surface area contributed by atoms with Crippen molar-refractivity contribution >= 4 is 5.91 Å². The first kappa shape index (κ1) is 19.1. The number of amides is 1. The molecule has 1 aliphatic carbocycles. The van der Waals surface area contributed by atoms with Gasteiger partial charge in [-0.3, -0.25) is 4.79 Å². The van der Waals surface area contributed by atoms with E-state index >= 15 is 0 Å². The predicted molar refractivity (Wildman–Crippen MR) is 105 cm³/mol. The van der Waals surface area contributed by atoms with Crippen LogP contribution in [-0.4, -0.2) is 38.2 Å². The Kier molecular flexibility index (Phi) is 5.89. The molecular weight excluding hydrogens is 342 g/mol. The fraction of sp³-hybridized carbons (Fsp3) is 0.409. The number of methoxy groups -OCH3 is 3. The molecule has 27 heavy (non-hydrogen) atoms. The quantitative estimate of drug-likeness (QED) is 0.701. The maximum Gasteiger partial charge on any atom is 0.254 e. The van der Waals surface area contributed by atoms with Gasteiger partial charge in [0, 0.05) is 24.2 Å². The molecule has 0 bridgehead atoms. The summed E-state index contributed by atoms with van der Waals surface area (Å²) in [5.41, 5.74) is 1.65. The minimum atomic E-state index is -0.0116. The molecule has 0 aliphatic heterocycles. The summed E-state index contributed by atoms with van der Waals surface area (Å²) in [6.07, 6.45) is 2.35. The van der Waals surface area contributed by atoms with Crippen LogP contribution in [0.3, 0.4) is 0 Å². The molecule has 1 amide bonds. The number of rotatable bonds is 8. The van der Waals surface area contributed by atoms with Crippen molar-refractivity contribution in [2.24, 2.45) is 5.92 Å². The maximum atomic E-state index is 13.4. The lowest BCUT2D eigenvalue weighted by atomic mass is 10.1. The summed E-state index contributed by atoms with van der Waals surface area (Å²) in [6, 6.07) is 13.3. The van der Waals surface area contributed by atoms with Gasteiger partial charge in [0.25, 0.3) is 5.91 Å². The van der Waals surface area contributed by atoms with E-state index in [1.165, 1.54) is 12.8 Å². The standard InChI is InChI=1S/C22H27NO4/c1-15(17-7-8-17)23(14-16-5-9-19(25-2)10-6-16)22(24)18-11-20(26-3)13-21(12-18)27-4/h5-6,9-13,15,17H,7-8,14H2,1-4H3/t15-/m0/s1. The minimum absolute atomic E-state index is 0.0116. The number of carbonyl (C=O) groups excluding carboxylic acids is 1. The molecule has 144 valence electrons. The third-order valence-electron chi connectivity index (χ3n) is 5.17. The van der Waals surface area contributed by atoms with Crippen LogP contribution in [0.25, 0.3) is 0 Å². The van der Waals surface area contributed by atoms with Gasteiger partial charge in [-0.15, -0.1) is 0 Å². The highest BCUT2D eigenvalue weighted by atomic mass is 16.5. The second-order valence-corrected chi connectivity index (χ2v) is 6.96. The van der Waals surface area contributed by atoms with E-state index in [9.17, 15) is 4.79 Å². The number of benzene rings is 2. The minimum Gasteiger partial charge on any atom is -0.497 e. The van der Waals surface area contributed by atoms with E-state index in [1.807, 2.05) is 29.2 Å². The van der Waals surface area contributed by atoms with Gasteiger partial charge in [0.1, 0.15) is 17.2 Å². The molecule has 0 unspecified atom stereocenters.